The zero-order valence-electron chi connectivity index (χ0n) is 17.5. The summed E-state index contributed by atoms with van der Waals surface area (Å²) in [5.74, 6) is 1.43. The Balaban J connectivity index is 1.27. The standard InChI is InChI=1S/C22H20N4O5S2/c27-33(28,26-9-11-29-12-10-26)19-8-4-7-17(13-19)21-23-24-22(30-21)32-15-18-14-20(31-25-18)16-5-2-1-3-6-16/h1-8,13-14H,9-12,15H2. The highest BCUT2D eigenvalue weighted by Crippen LogP contribution is 2.29. The van der Waals surface area contributed by atoms with Crippen molar-refractivity contribution in [3.63, 3.8) is 0 Å². The number of hydrogen-bond donors (Lipinski definition) is 0. The van der Waals surface area contributed by atoms with Crippen LogP contribution in [-0.2, 0) is 20.5 Å². The summed E-state index contributed by atoms with van der Waals surface area (Å²) in [6.07, 6.45) is 0. The van der Waals surface area contributed by atoms with E-state index in [0.29, 0.717) is 48.6 Å². The van der Waals surface area contributed by atoms with Gasteiger partial charge in [-0.05, 0) is 18.2 Å². The van der Waals surface area contributed by atoms with Gasteiger partial charge in [-0.25, -0.2) is 8.42 Å². The Kier molecular flexibility index (Phi) is 6.27. The van der Waals surface area contributed by atoms with E-state index >= 15 is 0 Å². The van der Waals surface area contributed by atoms with Gasteiger partial charge in [-0.1, -0.05) is 53.3 Å². The molecule has 0 amide bonds. The summed E-state index contributed by atoms with van der Waals surface area (Å²) < 4.78 is 43.7. The third-order valence-corrected chi connectivity index (χ3v) is 7.80. The molecule has 0 spiro atoms. The van der Waals surface area contributed by atoms with Crippen LogP contribution in [0.4, 0.5) is 0 Å². The number of ether oxygens (including phenoxy) is 1. The minimum atomic E-state index is -3.61. The lowest BCUT2D eigenvalue weighted by molar-refractivity contribution is 0.0730. The third kappa shape index (κ3) is 4.86. The number of sulfonamides is 1. The van der Waals surface area contributed by atoms with E-state index in [1.165, 1.54) is 16.1 Å². The van der Waals surface area contributed by atoms with Crippen LogP contribution in [0.2, 0.25) is 0 Å². The van der Waals surface area contributed by atoms with Gasteiger partial charge in [0.2, 0.25) is 15.9 Å². The molecule has 0 aliphatic carbocycles. The SMILES string of the molecule is O=S(=O)(c1cccc(-c2nnc(SCc3cc(-c4ccccc4)on3)o2)c1)N1CCOCC1. The van der Waals surface area contributed by atoms with E-state index in [2.05, 4.69) is 15.4 Å². The van der Waals surface area contributed by atoms with E-state index in [1.807, 2.05) is 36.4 Å². The number of benzene rings is 2. The largest absolute Gasteiger partial charge is 0.411 e. The third-order valence-electron chi connectivity index (χ3n) is 5.06. The summed E-state index contributed by atoms with van der Waals surface area (Å²) >= 11 is 1.33. The number of rotatable bonds is 7. The zero-order chi connectivity index (χ0) is 22.7. The van der Waals surface area contributed by atoms with E-state index in [1.54, 1.807) is 24.3 Å². The Morgan fingerprint density at radius 1 is 0.939 bits per heavy atom. The van der Waals surface area contributed by atoms with Crippen LogP contribution in [0.3, 0.4) is 0 Å². The molecule has 0 unspecified atom stereocenters. The molecule has 0 bridgehead atoms. The van der Waals surface area contributed by atoms with E-state index in [9.17, 15) is 8.42 Å². The number of thioether (sulfide) groups is 1. The Morgan fingerprint density at radius 3 is 2.55 bits per heavy atom. The smallest absolute Gasteiger partial charge is 0.277 e. The molecule has 9 nitrogen and oxygen atoms in total. The summed E-state index contributed by atoms with van der Waals surface area (Å²) in [6, 6.07) is 18.1. The molecule has 3 heterocycles. The van der Waals surface area contributed by atoms with Crippen LogP contribution < -0.4 is 0 Å². The molecule has 1 saturated heterocycles. The minimum absolute atomic E-state index is 0.186. The van der Waals surface area contributed by atoms with Gasteiger partial charge in [-0.15, -0.1) is 10.2 Å². The molecule has 170 valence electrons. The normalized spacial score (nSPS) is 15.0. The second-order valence-corrected chi connectivity index (χ2v) is 10.1. The van der Waals surface area contributed by atoms with Crippen molar-refractivity contribution in [1.82, 2.24) is 19.7 Å². The summed E-state index contributed by atoms with van der Waals surface area (Å²) in [4.78, 5) is 0.186. The fraction of sp³-hybridized carbons (Fsp3) is 0.227. The number of hydrogen-bond acceptors (Lipinski definition) is 9. The van der Waals surface area contributed by atoms with Crippen LogP contribution in [0.1, 0.15) is 5.69 Å². The molecule has 1 aliphatic rings. The van der Waals surface area contributed by atoms with E-state index in [-0.39, 0.29) is 10.8 Å². The van der Waals surface area contributed by atoms with Gasteiger partial charge in [0, 0.05) is 36.0 Å². The first kappa shape index (κ1) is 21.8. The number of morpholine rings is 1. The van der Waals surface area contributed by atoms with Crippen molar-refractivity contribution < 1.29 is 22.1 Å². The number of aromatic nitrogens is 3. The van der Waals surface area contributed by atoms with Crippen molar-refractivity contribution in [2.75, 3.05) is 26.3 Å². The summed E-state index contributed by atoms with van der Waals surface area (Å²) in [7, 11) is -3.61. The van der Waals surface area contributed by atoms with Crippen molar-refractivity contribution in [3.05, 3.63) is 66.4 Å². The van der Waals surface area contributed by atoms with Crippen LogP contribution in [0.5, 0.6) is 0 Å². The van der Waals surface area contributed by atoms with Crippen LogP contribution >= 0.6 is 11.8 Å². The lowest BCUT2D eigenvalue weighted by Crippen LogP contribution is -2.40. The first-order chi connectivity index (χ1) is 16.1. The highest BCUT2D eigenvalue weighted by atomic mass is 32.2. The molecule has 0 N–H and O–H groups in total. The molecule has 33 heavy (non-hydrogen) atoms. The Morgan fingerprint density at radius 2 is 1.73 bits per heavy atom. The Hall–Kier alpha value is -2.99. The van der Waals surface area contributed by atoms with Gasteiger partial charge in [-0.3, -0.25) is 0 Å². The molecule has 4 aromatic rings. The molecular formula is C22H20N4O5S2. The van der Waals surface area contributed by atoms with E-state index in [0.717, 1.165) is 11.3 Å². The van der Waals surface area contributed by atoms with Gasteiger partial charge in [0.05, 0.1) is 23.8 Å². The van der Waals surface area contributed by atoms with Crippen molar-refractivity contribution in [2.24, 2.45) is 0 Å². The van der Waals surface area contributed by atoms with Crippen LogP contribution in [0, 0.1) is 0 Å². The first-order valence-corrected chi connectivity index (χ1v) is 12.7. The molecule has 2 aromatic heterocycles. The van der Waals surface area contributed by atoms with E-state index in [4.69, 9.17) is 13.7 Å². The Labute approximate surface area is 194 Å². The van der Waals surface area contributed by atoms with Gasteiger partial charge in [0.15, 0.2) is 5.76 Å². The lowest BCUT2D eigenvalue weighted by Gasteiger charge is -2.26. The van der Waals surface area contributed by atoms with Gasteiger partial charge >= 0.3 is 0 Å². The minimum Gasteiger partial charge on any atom is -0.411 e. The van der Waals surface area contributed by atoms with Gasteiger partial charge in [0.1, 0.15) is 0 Å². The quantitative estimate of drug-likeness (QED) is 0.362. The maximum Gasteiger partial charge on any atom is 0.277 e. The second kappa shape index (κ2) is 9.48. The fourth-order valence-electron chi connectivity index (χ4n) is 3.36. The molecule has 5 rings (SSSR count). The molecule has 1 fully saturated rings. The molecule has 11 heteroatoms. The second-order valence-electron chi connectivity index (χ2n) is 7.25. The maximum absolute atomic E-state index is 12.9. The maximum atomic E-state index is 12.9. The van der Waals surface area contributed by atoms with Crippen LogP contribution in [-0.4, -0.2) is 54.4 Å². The van der Waals surface area contributed by atoms with Crippen LogP contribution in [0.15, 0.2) is 79.7 Å². The van der Waals surface area contributed by atoms with Crippen molar-refractivity contribution in [1.29, 1.82) is 0 Å². The summed E-state index contributed by atoms with van der Waals surface area (Å²) in [6.45, 7) is 1.45. The molecule has 0 radical (unpaired) electrons. The summed E-state index contributed by atoms with van der Waals surface area (Å²) in [5.41, 5.74) is 2.24. The average Bonchev–Trinajstić information content (AvgIpc) is 3.54. The predicted octanol–water partition coefficient (Wildman–Crippen LogP) is 3.70. The monoisotopic (exact) mass is 484 g/mol. The fourth-order valence-corrected chi connectivity index (χ4v) is 5.46. The topological polar surface area (TPSA) is 112 Å². The van der Waals surface area contributed by atoms with Crippen molar-refractivity contribution in [2.45, 2.75) is 15.9 Å². The predicted molar refractivity (Wildman–Crippen MR) is 121 cm³/mol. The molecule has 0 atom stereocenters. The van der Waals surface area contributed by atoms with Crippen molar-refractivity contribution >= 4 is 21.8 Å². The highest BCUT2D eigenvalue weighted by Gasteiger charge is 2.27. The Bertz CT molecular complexity index is 1330. The molecule has 2 aromatic carbocycles. The van der Waals surface area contributed by atoms with Gasteiger partial charge in [0.25, 0.3) is 5.22 Å². The van der Waals surface area contributed by atoms with E-state index < -0.39 is 10.0 Å². The zero-order valence-corrected chi connectivity index (χ0v) is 19.1. The molecule has 1 aliphatic heterocycles. The lowest BCUT2D eigenvalue weighted by atomic mass is 10.2. The van der Waals surface area contributed by atoms with Gasteiger partial charge in [-0.2, -0.15) is 4.31 Å². The summed E-state index contributed by atoms with van der Waals surface area (Å²) in [5, 5.41) is 12.6. The van der Waals surface area contributed by atoms with Gasteiger partial charge < -0.3 is 13.7 Å². The average molecular weight is 485 g/mol. The molecular weight excluding hydrogens is 464 g/mol. The van der Waals surface area contributed by atoms with Crippen LogP contribution in [0.25, 0.3) is 22.8 Å². The first-order valence-electron chi connectivity index (χ1n) is 10.3. The van der Waals surface area contributed by atoms with Crippen molar-refractivity contribution in [3.8, 4) is 22.8 Å². The number of nitrogens with zero attached hydrogens (tertiary/aromatic N) is 4. The highest BCUT2D eigenvalue weighted by molar-refractivity contribution is 7.98. The molecule has 0 saturated carbocycles.